The summed E-state index contributed by atoms with van der Waals surface area (Å²) in [6.45, 7) is 7.21. The summed E-state index contributed by atoms with van der Waals surface area (Å²) in [7, 11) is 0. The van der Waals surface area contributed by atoms with Crippen molar-refractivity contribution in [2.75, 3.05) is 5.32 Å². The Morgan fingerprint density at radius 2 is 1.84 bits per heavy atom. The summed E-state index contributed by atoms with van der Waals surface area (Å²) < 4.78 is 0. The SMILES string of the molecule is Cc1ccc(NC(=S)N(Cc2cccs2)Cc2cc3ccc(C)c(C)c3[nH]c2=O)cc1. The lowest BCUT2D eigenvalue weighted by atomic mass is 10.0. The summed E-state index contributed by atoms with van der Waals surface area (Å²) in [6.07, 6.45) is 0. The highest BCUT2D eigenvalue weighted by atomic mass is 32.1. The second-order valence-electron chi connectivity index (χ2n) is 7.83. The van der Waals surface area contributed by atoms with Crippen LogP contribution in [0.2, 0.25) is 0 Å². The Balaban J connectivity index is 1.64. The molecule has 4 aromatic rings. The number of nitrogens with zero attached hydrogens (tertiary/aromatic N) is 1. The average Bonchev–Trinajstić information content (AvgIpc) is 3.26. The van der Waals surface area contributed by atoms with Crippen molar-refractivity contribution < 1.29 is 0 Å². The first-order chi connectivity index (χ1) is 14.9. The van der Waals surface area contributed by atoms with Crippen LogP contribution in [0.15, 0.2) is 64.8 Å². The second kappa shape index (κ2) is 9.04. The maximum atomic E-state index is 12.9. The minimum atomic E-state index is -0.0736. The molecule has 0 bridgehead atoms. The van der Waals surface area contributed by atoms with E-state index in [-0.39, 0.29) is 5.56 Å². The van der Waals surface area contributed by atoms with Crippen LogP contribution in [-0.2, 0) is 13.1 Å². The predicted octanol–water partition coefficient (Wildman–Crippen LogP) is 5.91. The van der Waals surface area contributed by atoms with Gasteiger partial charge in [-0.25, -0.2) is 0 Å². The number of fused-ring (bicyclic) bond motifs is 1. The highest BCUT2D eigenvalue weighted by Crippen LogP contribution is 2.21. The summed E-state index contributed by atoms with van der Waals surface area (Å²) in [6, 6.07) is 18.4. The zero-order chi connectivity index (χ0) is 22.0. The predicted molar refractivity (Wildman–Crippen MR) is 135 cm³/mol. The molecule has 158 valence electrons. The minimum Gasteiger partial charge on any atom is -0.339 e. The molecule has 2 N–H and O–H groups in total. The third-order valence-electron chi connectivity index (χ3n) is 5.51. The summed E-state index contributed by atoms with van der Waals surface area (Å²) in [5, 5.41) is 7.01. The monoisotopic (exact) mass is 447 g/mol. The van der Waals surface area contributed by atoms with Crippen molar-refractivity contribution in [3.8, 4) is 0 Å². The van der Waals surface area contributed by atoms with Crippen LogP contribution in [0, 0.1) is 20.8 Å². The van der Waals surface area contributed by atoms with E-state index in [1.54, 1.807) is 11.3 Å². The standard InChI is InChI=1S/C25H25N3OS2/c1-16-6-10-21(11-7-16)26-25(30)28(15-22-5-4-12-31-22)14-20-13-19-9-8-17(2)18(3)23(19)27-24(20)29/h4-13H,14-15H2,1-3H3,(H,26,30)(H,27,29). The molecule has 0 aliphatic heterocycles. The number of H-pyrrole nitrogens is 1. The highest BCUT2D eigenvalue weighted by Gasteiger charge is 2.15. The highest BCUT2D eigenvalue weighted by molar-refractivity contribution is 7.80. The van der Waals surface area contributed by atoms with Crippen LogP contribution in [-0.4, -0.2) is 15.0 Å². The fraction of sp³-hybridized carbons (Fsp3) is 0.200. The molecule has 0 amide bonds. The third kappa shape index (κ3) is 4.86. The number of thiophene rings is 1. The molecule has 0 saturated carbocycles. The number of nitrogens with one attached hydrogen (secondary N) is 2. The van der Waals surface area contributed by atoms with Crippen molar-refractivity contribution in [1.82, 2.24) is 9.88 Å². The van der Waals surface area contributed by atoms with E-state index in [1.165, 1.54) is 16.0 Å². The number of benzene rings is 2. The lowest BCUT2D eigenvalue weighted by Crippen LogP contribution is -2.35. The average molecular weight is 448 g/mol. The number of hydrogen-bond donors (Lipinski definition) is 2. The van der Waals surface area contributed by atoms with Crippen molar-refractivity contribution in [3.05, 3.63) is 97.5 Å². The molecule has 2 heterocycles. The number of aromatic amines is 1. The Hall–Kier alpha value is -2.96. The van der Waals surface area contributed by atoms with Gasteiger partial charge in [0.25, 0.3) is 5.56 Å². The molecule has 0 atom stereocenters. The molecule has 2 aromatic heterocycles. The van der Waals surface area contributed by atoms with E-state index in [4.69, 9.17) is 12.2 Å². The van der Waals surface area contributed by atoms with E-state index in [1.807, 2.05) is 48.2 Å². The van der Waals surface area contributed by atoms with Crippen LogP contribution < -0.4 is 10.9 Å². The topological polar surface area (TPSA) is 48.1 Å². The lowest BCUT2D eigenvalue weighted by Gasteiger charge is -2.25. The number of aromatic nitrogens is 1. The summed E-state index contributed by atoms with van der Waals surface area (Å²) in [5.74, 6) is 0. The summed E-state index contributed by atoms with van der Waals surface area (Å²) >= 11 is 7.43. The number of aryl methyl sites for hydroxylation is 3. The quantitative estimate of drug-likeness (QED) is 0.373. The van der Waals surface area contributed by atoms with Crippen LogP contribution in [0.5, 0.6) is 0 Å². The van der Waals surface area contributed by atoms with Crippen LogP contribution in [0.3, 0.4) is 0 Å². The van der Waals surface area contributed by atoms with Gasteiger partial charge in [-0.05, 0) is 79.1 Å². The molecule has 0 spiro atoms. The van der Waals surface area contributed by atoms with Gasteiger partial charge in [0.2, 0.25) is 0 Å². The van der Waals surface area contributed by atoms with Gasteiger partial charge in [0.1, 0.15) is 0 Å². The van der Waals surface area contributed by atoms with Crippen molar-refractivity contribution in [3.63, 3.8) is 0 Å². The van der Waals surface area contributed by atoms with Gasteiger partial charge in [-0.3, -0.25) is 4.79 Å². The number of rotatable bonds is 5. The molecule has 0 radical (unpaired) electrons. The summed E-state index contributed by atoms with van der Waals surface area (Å²) in [4.78, 5) is 19.2. The van der Waals surface area contributed by atoms with Gasteiger partial charge in [0.15, 0.2) is 5.11 Å². The third-order valence-corrected chi connectivity index (χ3v) is 6.73. The molecule has 2 aromatic carbocycles. The lowest BCUT2D eigenvalue weighted by molar-refractivity contribution is 0.415. The number of thiocarbonyl (C=S) groups is 1. The first-order valence-electron chi connectivity index (χ1n) is 10.2. The number of pyridine rings is 1. The van der Waals surface area contributed by atoms with E-state index < -0.39 is 0 Å². The molecular weight excluding hydrogens is 422 g/mol. The van der Waals surface area contributed by atoms with Gasteiger partial charge in [-0.2, -0.15) is 0 Å². The molecule has 4 nitrogen and oxygen atoms in total. The van der Waals surface area contributed by atoms with Gasteiger partial charge in [-0.1, -0.05) is 35.9 Å². The Bertz CT molecular complexity index is 1270. The van der Waals surface area contributed by atoms with Crippen molar-refractivity contribution >= 4 is 45.3 Å². The van der Waals surface area contributed by atoms with Gasteiger partial charge >= 0.3 is 0 Å². The minimum absolute atomic E-state index is 0.0736. The number of hydrogen-bond acceptors (Lipinski definition) is 3. The summed E-state index contributed by atoms with van der Waals surface area (Å²) in [5.41, 5.74) is 5.92. The van der Waals surface area contributed by atoms with Crippen molar-refractivity contribution in [2.45, 2.75) is 33.9 Å². The van der Waals surface area contributed by atoms with Gasteiger partial charge in [0.05, 0.1) is 18.6 Å². The van der Waals surface area contributed by atoms with Gasteiger partial charge in [0, 0.05) is 16.1 Å². The maximum Gasteiger partial charge on any atom is 0.253 e. The fourth-order valence-corrected chi connectivity index (χ4v) is 4.49. The Labute approximate surface area is 191 Å². The van der Waals surface area contributed by atoms with E-state index in [9.17, 15) is 4.79 Å². The van der Waals surface area contributed by atoms with E-state index >= 15 is 0 Å². The zero-order valence-corrected chi connectivity index (χ0v) is 19.5. The van der Waals surface area contributed by atoms with Crippen LogP contribution >= 0.6 is 23.6 Å². The molecule has 6 heteroatoms. The van der Waals surface area contributed by atoms with E-state index in [0.717, 1.165) is 22.2 Å². The van der Waals surface area contributed by atoms with E-state index in [0.29, 0.717) is 23.8 Å². The molecular formula is C25H25N3OS2. The molecule has 4 rings (SSSR count). The smallest absolute Gasteiger partial charge is 0.253 e. The fourth-order valence-electron chi connectivity index (χ4n) is 3.52. The van der Waals surface area contributed by atoms with Crippen LogP contribution in [0.4, 0.5) is 5.69 Å². The largest absolute Gasteiger partial charge is 0.339 e. The van der Waals surface area contributed by atoms with Crippen molar-refractivity contribution in [2.24, 2.45) is 0 Å². The zero-order valence-electron chi connectivity index (χ0n) is 17.9. The normalized spacial score (nSPS) is 10.9. The van der Waals surface area contributed by atoms with Gasteiger partial charge < -0.3 is 15.2 Å². The first kappa shape index (κ1) is 21.3. The molecule has 31 heavy (non-hydrogen) atoms. The van der Waals surface area contributed by atoms with Gasteiger partial charge in [-0.15, -0.1) is 11.3 Å². The van der Waals surface area contributed by atoms with Crippen LogP contribution in [0.25, 0.3) is 10.9 Å². The van der Waals surface area contributed by atoms with E-state index in [2.05, 4.69) is 47.7 Å². The van der Waals surface area contributed by atoms with Crippen molar-refractivity contribution in [1.29, 1.82) is 0 Å². The Morgan fingerprint density at radius 3 is 2.55 bits per heavy atom. The molecule has 0 saturated heterocycles. The Morgan fingerprint density at radius 1 is 1.06 bits per heavy atom. The molecule has 0 aliphatic carbocycles. The Kier molecular flexibility index (Phi) is 6.20. The molecule has 0 unspecified atom stereocenters. The number of anilines is 1. The van der Waals surface area contributed by atoms with Crippen LogP contribution in [0.1, 0.15) is 27.1 Å². The molecule has 0 aliphatic rings. The second-order valence-corrected chi connectivity index (χ2v) is 9.25. The molecule has 0 fully saturated rings. The maximum absolute atomic E-state index is 12.9. The first-order valence-corrected chi connectivity index (χ1v) is 11.5.